The first-order valence-electron chi connectivity index (χ1n) is 6.02. The van der Waals surface area contributed by atoms with E-state index in [0.29, 0.717) is 22.9 Å². The number of rotatable bonds is 3. The summed E-state index contributed by atoms with van der Waals surface area (Å²) in [6, 6.07) is 11.4. The van der Waals surface area contributed by atoms with Gasteiger partial charge < -0.3 is 14.8 Å². The summed E-state index contributed by atoms with van der Waals surface area (Å²) >= 11 is 0. The molecule has 0 saturated heterocycles. The van der Waals surface area contributed by atoms with Crippen LogP contribution in [0.2, 0.25) is 0 Å². The Kier molecular flexibility index (Phi) is 3.04. The lowest BCUT2D eigenvalue weighted by molar-refractivity contribution is -0.385. The molecule has 0 aliphatic carbocycles. The van der Waals surface area contributed by atoms with E-state index in [1.807, 2.05) is 0 Å². The van der Waals surface area contributed by atoms with Crippen LogP contribution in [0.1, 0.15) is 5.56 Å². The van der Waals surface area contributed by atoms with Crippen molar-refractivity contribution < 1.29 is 14.4 Å². The highest BCUT2D eigenvalue weighted by molar-refractivity contribution is 5.67. The zero-order chi connectivity index (χ0) is 14.8. The van der Waals surface area contributed by atoms with Crippen molar-refractivity contribution >= 4 is 17.1 Å². The fourth-order valence-corrected chi connectivity index (χ4v) is 2.00. The first-order chi connectivity index (χ1) is 10.2. The molecular formula is C14H9N3O4. The van der Waals surface area contributed by atoms with Crippen LogP contribution in [0.25, 0.3) is 0 Å². The van der Waals surface area contributed by atoms with Gasteiger partial charge in [0.1, 0.15) is 11.6 Å². The van der Waals surface area contributed by atoms with Crippen molar-refractivity contribution in [2.75, 3.05) is 12.1 Å². The minimum absolute atomic E-state index is 0.0243. The van der Waals surface area contributed by atoms with Crippen molar-refractivity contribution in [3.8, 4) is 17.6 Å². The van der Waals surface area contributed by atoms with E-state index in [1.165, 1.54) is 12.1 Å². The Hall–Kier alpha value is -3.27. The average Bonchev–Trinajstić information content (AvgIpc) is 2.94. The Labute approximate surface area is 119 Å². The summed E-state index contributed by atoms with van der Waals surface area (Å²) < 4.78 is 10.5. The van der Waals surface area contributed by atoms with Crippen molar-refractivity contribution in [3.63, 3.8) is 0 Å². The zero-order valence-corrected chi connectivity index (χ0v) is 10.7. The van der Waals surface area contributed by atoms with E-state index in [-0.39, 0.29) is 18.0 Å². The van der Waals surface area contributed by atoms with E-state index in [4.69, 9.17) is 14.7 Å². The molecule has 7 nitrogen and oxygen atoms in total. The van der Waals surface area contributed by atoms with Crippen LogP contribution in [0, 0.1) is 21.4 Å². The molecule has 21 heavy (non-hydrogen) atoms. The molecule has 2 aromatic carbocycles. The van der Waals surface area contributed by atoms with Crippen LogP contribution in [0.4, 0.5) is 17.1 Å². The summed E-state index contributed by atoms with van der Waals surface area (Å²) in [5, 5.41) is 22.8. The topological polar surface area (TPSA) is 97.4 Å². The van der Waals surface area contributed by atoms with Gasteiger partial charge >= 0.3 is 0 Å². The molecule has 0 bridgehead atoms. The lowest BCUT2D eigenvalue weighted by Gasteiger charge is -2.07. The highest BCUT2D eigenvalue weighted by atomic mass is 16.7. The molecule has 0 atom stereocenters. The number of nitro benzene ring substituents is 1. The van der Waals surface area contributed by atoms with Gasteiger partial charge in [-0.1, -0.05) is 0 Å². The predicted molar refractivity (Wildman–Crippen MR) is 73.7 cm³/mol. The van der Waals surface area contributed by atoms with Gasteiger partial charge in [0.15, 0.2) is 11.5 Å². The summed E-state index contributed by atoms with van der Waals surface area (Å²) in [5.41, 5.74) is 1.01. The Morgan fingerprint density at radius 2 is 1.86 bits per heavy atom. The van der Waals surface area contributed by atoms with Gasteiger partial charge in [0.2, 0.25) is 6.79 Å². The highest BCUT2D eigenvalue weighted by Crippen LogP contribution is 2.35. The van der Waals surface area contributed by atoms with Gasteiger partial charge in [-0.05, 0) is 24.3 Å². The largest absolute Gasteiger partial charge is 0.454 e. The predicted octanol–water partition coefficient (Wildman–Crippen LogP) is 2.94. The van der Waals surface area contributed by atoms with Gasteiger partial charge in [0, 0.05) is 23.5 Å². The first-order valence-corrected chi connectivity index (χ1v) is 6.02. The molecule has 0 unspecified atom stereocenters. The molecule has 0 saturated carbocycles. The van der Waals surface area contributed by atoms with Crippen LogP contribution >= 0.6 is 0 Å². The Morgan fingerprint density at radius 1 is 1.14 bits per heavy atom. The summed E-state index contributed by atoms with van der Waals surface area (Å²) in [4.78, 5) is 10.3. The number of nitro groups is 1. The van der Waals surface area contributed by atoms with Crippen molar-refractivity contribution in [2.45, 2.75) is 0 Å². The second-order valence-electron chi connectivity index (χ2n) is 4.29. The zero-order valence-electron chi connectivity index (χ0n) is 10.7. The number of nitrogens with one attached hydrogen (secondary N) is 1. The molecule has 2 aromatic rings. The van der Waals surface area contributed by atoms with Crippen LogP contribution in [-0.2, 0) is 0 Å². The number of nitrogens with zero attached hydrogens (tertiary/aromatic N) is 2. The van der Waals surface area contributed by atoms with E-state index >= 15 is 0 Å². The number of anilines is 2. The number of hydrogen-bond donors (Lipinski definition) is 1. The second-order valence-corrected chi connectivity index (χ2v) is 4.29. The van der Waals surface area contributed by atoms with E-state index in [0.717, 1.165) is 0 Å². The normalized spacial score (nSPS) is 11.8. The summed E-state index contributed by atoms with van der Waals surface area (Å²) in [6.07, 6.45) is 0. The van der Waals surface area contributed by atoms with Crippen LogP contribution in [0.3, 0.4) is 0 Å². The highest BCUT2D eigenvalue weighted by Gasteiger charge is 2.16. The Bertz CT molecular complexity index is 767. The minimum atomic E-state index is -0.580. The number of nitriles is 1. The standard InChI is InChI=1S/C14H9N3O4/c15-7-9-1-2-10(5-12(9)17(18)19)16-11-3-4-13-14(6-11)21-8-20-13/h1-6,16H,8H2. The minimum Gasteiger partial charge on any atom is -0.454 e. The number of hydrogen-bond acceptors (Lipinski definition) is 6. The molecule has 0 radical (unpaired) electrons. The third kappa shape index (κ3) is 2.42. The van der Waals surface area contributed by atoms with E-state index in [9.17, 15) is 10.1 Å². The SMILES string of the molecule is N#Cc1ccc(Nc2ccc3c(c2)OCO3)cc1[N+](=O)[O-]. The molecule has 0 spiro atoms. The third-order valence-corrected chi connectivity index (χ3v) is 2.98. The fraction of sp³-hybridized carbons (Fsp3) is 0.0714. The number of fused-ring (bicyclic) bond motifs is 1. The molecule has 1 N–H and O–H groups in total. The smallest absolute Gasteiger partial charge is 0.289 e. The maximum atomic E-state index is 10.9. The molecule has 1 aliphatic rings. The molecule has 0 amide bonds. The lowest BCUT2D eigenvalue weighted by Crippen LogP contribution is -1.96. The first kappa shape index (κ1) is 12.7. The molecule has 0 fully saturated rings. The lowest BCUT2D eigenvalue weighted by atomic mass is 10.1. The van der Waals surface area contributed by atoms with Gasteiger partial charge in [-0.3, -0.25) is 10.1 Å². The molecule has 1 aliphatic heterocycles. The number of ether oxygens (including phenoxy) is 2. The van der Waals surface area contributed by atoms with Crippen molar-refractivity contribution in [2.24, 2.45) is 0 Å². The maximum absolute atomic E-state index is 10.9. The summed E-state index contributed by atoms with van der Waals surface area (Å²) in [5.74, 6) is 1.27. The third-order valence-electron chi connectivity index (χ3n) is 2.98. The quantitative estimate of drug-likeness (QED) is 0.687. The molecule has 3 rings (SSSR count). The number of benzene rings is 2. The van der Waals surface area contributed by atoms with Crippen molar-refractivity contribution in [1.29, 1.82) is 5.26 Å². The molecule has 104 valence electrons. The van der Waals surface area contributed by atoms with E-state index in [1.54, 1.807) is 30.3 Å². The van der Waals surface area contributed by atoms with E-state index < -0.39 is 4.92 Å². The molecular weight excluding hydrogens is 274 g/mol. The van der Waals surface area contributed by atoms with Gasteiger partial charge in [0.25, 0.3) is 5.69 Å². The van der Waals surface area contributed by atoms with Gasteiger partial charge in [-0.15, -0.1) is 0 Å². The van der Waals surface area contributed by atoms with Gasteiger partial charge in [0.05, 0.1) is 4.92 Å². The van der Waals surface area contributed by atoms with Crippen LogP contribution in [0.15, 0.2) is 36.4 Å². The Morgan fingerprint density at radius 3 is 2.62 bits per heavy atom. The van der Waals surface area contributed by atoms with E-state index in [2.05, 4.69) is 5.32 Å². The van der Waals surface area contributed by atoms with Crippen molar-refractivity contribution in [3.05, 3.63) is 52.1 Å². The van der Waals surface area contributed by atoms with Crippen molar-refractivity contribution in [1.82, 2.24) is 0 Å². The summed E-state index contributed by atoms with van der Waals surface area (Å²) in [6.45, 7) is 0.182. The Balaban J connectivity index is 1.90. The van der Waals surface area contributed by atoms with Crippen LogP contribution in [-0.4, -0.2) is 11.7 Å². The second kappa shape index (κ2) is 5.02. The van der Waals surface area contributed by atoms with Gasteiger partial charge in [-0.2, -0.15) is 5.26 Å². The molecule has 7 heteroatoms. The molecule has 1 heterocycles. The fourth-order valence-electron chi connectivity index (χ4n) is 2.00. The molecule has 0 aromatic heterocycles. The monoisotopic (exact) mass is 283 g/mol. The van der Waals surface area contributed by atoms with Crippen LogP contribution in [0.5, 0.6) is 11.5 Å². The van der Waals surface area contributed by atoms with Crippen LogP contribution < -0.4 is 14.8 Å². The maximum Gasteiger partial charge on any atom is 0.289 e. The average molecular weight is 283 g/mol. The summed E-state index contributed by atoms with van der Waals surface area (Å²) in [7, 11) is 0. The van der Waals surface area contributed by atoms with Gasteiger partial charge in [-0.25, -0.2) is 0 Å².